The molecular weight excluding hydrogens is 1350 g/mol. The number of esters is 5. The van der Waals surface area contributed by atoms with Crippen LogP contribution in [0.5, 0.6) is 0 Å². The van der Waals surface area contributed by atoms with E-state index >= 15 is 4.79 Å². The summed E-state index contributed by atoms with van der Waals surface area (Å²) in [6.07, 6.45) is 89.5. The second-order valence-corrected chi connectivity index (χ2v) is 33.1. The molecule has 0 aromatic heterocycles. The number of carboxylic acids is 1. The van der Waals surface area contributed by atoms with E-state index in [0.717, 1.165) is 154 Å². The van der Waals surface area contributed by atoms with Crippen molar-refractivity contribution in [2.45, 2.75) is 528 Å². The van der Waals surface area contributed by atoms with Gasteiger partial charge in [0.2, 0.25) is 0 Å². The van der Waals surface area contributed by atoms with Crippen LogP contribution in [0.15, 0.2) is 12.2 Å². The molecule has 12 heteroatoms. The van der Waals surface area contributed by atoms with Gasteiger partial charge in [-0.3, -0.25) is 28.8 Å². The van der Waals surface area contributed by atoms with Crippen molar-refractivity contribution >= 4 is 35.8 Å². The molecule has 0 bridgehead atoms. The van der Waals surface area contributed by atoms with E-state index in [2.05, 4.69) is 39.8 Å². The lowest BCUT2D eigenvalue weighted by Crippen LogP contribution is -2.38. The second kappa shape index (κ2) is 87.5. The van der Waals surface area contributed by atoms with Crippen LogP contribution in [-0.4, -0.2) is 73.5 Å². The second-order valence-electron chi connectivity index (χ2n) is 33.1. The first-order valence-electron chi connectivity index (χ1n) is 47.8. The molecule has 0 rings (SSSR count). The lowest BCUT2D eigenvalue weighted by molar-refractivity contribution is -0.173. The summed E-state index contributed by atoms with van der Waals surface area (Å²) in [5.74, 6) is -4.18. The maximum Gasteiger partial charge on any atom is 0.310 e. The topological polar surface area (TPSA) is 169 Å². The van der Waals surface area contributed by atoms with E-state index in [4.69, 9.17) is 28.8 Å². The molecule has 1 unspecified atom stereocenters. The van der Waals surface area contributed by atoms with Gasteiger partial charge in [0.1, 0.15) is 13.2 Å². The minimum Gasteiger partial charge on any atom is -0.481 e. The smallest absolute Gasteiger partial charge is 0.310 e. The Morgan fingerprint density at radius 1 is 0.241 bits per heavy atom. The van der Waals surface area contributed by atoms with Crippen LogP contribution in [0.3, 0.4) is 0 Å². The maximum absolute atomic E-state index is 15.1. The summed E-state index contributed by atoms with van der Waals surface area (Å²) in [6, 6.07) is 0. The highest BCUT2D eigenvalue weighted by Gasteiger charge is 2.34. The number of hydrogen-bond acceptors (Lipinski definition) is 11. The van der Waals surface area contributed by atoms with Gasteiger partial charge in [-0.15, -0.1) is 0 Å². The van der Waals surface area contributed by atoms with Gasteiger partial charge in [0.05, 0.1) is 19.1 Å². The molecule has 0 aliphatic rings. The highest BCUT2D eigenvalue weighted by atomic mass is 16.6. The lowest BCUT2D eigenvalue weighted by Gasteiger charge is -2.27. The first kappa shape index (κ1) is 105. The summed E-state index contributed by atoms with van der Waals surface area (Å²) in [5, 5.41) is 8.95. The Kier molecular flexibility index (Phi) is 84.7. The monoisotopic (exact) mass is 1530 g/mol. The average Bonchev–Trinajstić information content (AvgIpc) is 0.867. The van der Waals surface area contributed by atoms with E-state index in [-0.39, 0.29) is 82.4 Å². The number of aliphatic carboxylic acids is 1. The molecule has 0 aromatic carbocycles. The highest BCUT2D eigenvalue weighted by molar-refractivity contribution is 5.74. The van der Waals surface area contributed by atoms with E-state index in [1.807, 2.05) is 0 Å². The number of carbonyl (C=O) groups is 6. The van der Waals surface area contributed by atoms with Crippen LogP contribution in [0.25, 0.3) is 0 Å². The zero-order valence-corrected chi connectivity index (χ0v) is 72.1. The Bertz CT molecular complexity index is 1850. The quantitative estimate of drug-likeness (QED) is 0.0265. The molecule has 12 nitrogen and oxygen atoms in total. The lowest BCUT2D eigenvalue weighted by atomic mass is 9.88. The SMILES string of the molecule is CCCCCCCCCCCCCCCCCC(=O)OCC(COC(=O)CCCCCCCCCCCCCCCCC)OC(=O)C(CCCCCCC=CCCCCCCCC(=O)O)C(COC(=O)CCCCCCCCCCCCCCCCC)COC(=O)CCCCCCCCCCCCCCCCC. The van der Waals surface area contributed by atoms with Crippen LogP contribution >= 0.6 is 0 Å². The molecular formula is C96H180O12. The van der Waals surface area contributed by atoms with Gasteiger partial charge in [-0.1, -0.05) is 438 Å². The largest absolute Gasteiger partial charge is 0.481 e. The van der Waals surface area contributed by atoms with Gasteiger partial charge in [0.25, 0.3) is 0 Å². The number of carbonyl (C=O) groups excluding carboxylic acids is 5. The molecule has 0 radical (unpaired) electrons. The van der Waals surface area contributed by atoms with Crippen LogP contribution in [0.1, 0.15) is 522 Å². The molecule has 0 saturated carbocycles. The Morgan fingerprint density at radius 2 is 0.435 bits per heavy atom. The number of unbranched alkanes of at least 4 members (excludes halogenated alkanes) is 65. The van der Waals surface area contributed by atoms with E-state index in [0.29, 0.717) is 25.7 Å². The maximum atomic E-state index is 15.1. The van der Waals surface area contributed by atoms with Gasteiger partial charge in [-0.25, -0.2) is 0 Å². The summed E-state index contributed by atoms with van der Waals surface area (Å²) < 4.78 is 30.3. The fraction of sp³-hybridized carbons (Fsp3) is 0.917. The molecule has 108 heavy (non-hydrogen) atoms. The fourth-order valence-electron chi connectivity index (χ4n) is 15.1. The Labute approximate surface area is 668 Å². The molecule has 0 saturated heterocycles. The van der Waals surface area contributed by atoms with Gasteiger partial charge in [0.15, 0.2) is 6.10 Å². The van der Waals surface area contributed by atoms with Crippen LogP contribution in [-0.2, 0) is 52.5 Å². The van der Waals surface area contributed by atoms with Gasteiger partial charge >= 0.3 is 35.8 Å². The van der Waals surface area contributed by atoms with Crippen LogP contribution in [0.2, 0.25) is 0 Å². The minimum atomic E-state index is -1.06. The summed E-state index contributed by atoms with van der Waals surface area (Å²) in [7, 11) is 0. The minimum absolute atomic E-state index is 0.107. The first-order valence-corrected chi connectivity index (χ1v) is 47.8. The predicted molar refractivity (Wildman–Crippen MR) is 456 cm³/mol. The zero-order valence-electron chi connectivity index (χ0n) is 72.1. The van der Waals surface area contributed by atoms with Crippen molar-refractivity contribution in [3.05, 3.63) is 12.2 Å². The van der Waals surface area contributed by atoms with Crippen LogP contribution in [0, 0.1) is 11.8 Å². The highest BCUT2D eigenvalue weighted by Crippen LogP contribution is 2.27. The molecule has 1 N–H and O–H groups in total. The van der Waals surface area contributed by atoms with E-state index in [1.54, 1.807) is 0 Å². The number of ether oxygens (including phenoxy) is 5. The molecule has 0 aliphatic heterocycles. The predicted octanol–water partition coefficient (Wildman–Crippen LogP) is 30.1. The summed E-state index contributed by atoms with van der Waals surface area (Å²) in [6.45, 7) is 8.36. The van der Waals surface area contributed by atoms with Crippen molar-refractivity contribution < 1.29 is 57.6 Å². The molecule has 0 aromatic rings. The van der Waals surface area contributed by atoms with Crippen molar-refractivity contribution in [1.82, 2.24) is 0 Å². The molecule has 0 fully saturated rings. The zero-order chi connectivity index (χ0) is 78.4. The number of carboxylic acid groups (broad SMARTS) is 1. The third kappa shape index (κ3) is 80.6. The Morgan fingerprint density at radius 3 is 0.667 bits per heavy atom. The molecule has 636 valence electrons. The summed E-state index contributed by atoms with van der Waals surface area (Å²) in [4.78, 5) is 80.1. The van der Waals surface area contributed by atoms with Gasteiger partial charge in [0, 0.05) is 38.0 Å². The molecule has 0 amide bonds. The van der Waals surface area contributed by atoms with Crippen molar-refractivity contribution in [2.24, 2.45) is 11.8 Å². The number of hydrogen-bond donors (Lipinski definition) is 1. The average molecular weight is 1530 g/mol. The Balaban J connectivity index is 6.28. The Hall–Kier alpha value is -3.44. The van der Waals surface area contributed by atoms with Gasteiger partial charge in [-0.2, -0.15) is 0 Å². The molecule has 1 atom stereocenters. The third-order valence-corrected chi connectivity index (χ3v) is 22.4. The third-order valence-electron chi connectivity index (χ3n) is 22.4. The van der Waals surface area contributed by atoms with E-state index in [9.17, 15) is 24.0 Å². The van der Waals surface area contributed by atoms with Crippen molar-refractivity contribution in [2.75, 3.05) is 26.4 Å². The van der Waals surface area contributed by atoms with Crippen molar-refractivity contribution in [3.63, 3.8) is 0 Å². The van der Waals surface area contributed by atoms with Crippen LogP contribution < -0.4 is 0 Å². The first-order chi connectivity index (χ1) is 53.1. The number of rotatable bonds is 90. The summed E-state index contributed by atoms with van der Waals surface area (Å²) >= 11 is 0. The molecule has 0 aliphatic carbocycles. The van der Waals surface area contributed by atoms with E-state index < -0.39 is 29.9 Å². The van der Waals surface area contributed by atoms with Crippen molar-refractivity contribution in [1.29, 1.82) is 0 Å². The van der Waals surface area contributed by atoms with Crippen molar-refractivity contribution in [3.8, 4) is 0 Å². The standard InChI is InChI=1S/C96H180O12/c1-5-9-13-17-21-25-29-33-37-44-50-56-62-68-74-80-92(99)104-84-88(85-105-93(100)81-75-69-63-57-51-45-38-34-30-26-22-18-14-10-6-2)90(78-72-66-60-54-48-42-41-43-49-55-61-67-73-79-91(97)98)96(103)108-89(86-106-94(101)82-76-70-64-58-52-46-39-35-31-27-23-19-15-11-7-3)87-107-95(102)83-77-71-65-59-53-47-40-36-32-28-24-20-16-12-8-4/h41-42,88-90H,5-40,43-87H2,1-4H3,(H,97,98). The van der Waals surface area contributed by atoms with E-state index in [1.165, 1.54) is 283 Å². The fourth-order valence-corrected chi connectivity index (χ4v) is 15.1. The normalized spacial score (nSPS) is 11.9. The van der Waals surface area contributed by atoms with Gasteiger partial charge in [-0.05, 0) is 64.2 Å². The summed E-state index contributed by atoms with van der Waals surface area (Å²) in [5.41, 5.74) is 0. The number of allylic oxidation sites excluding steroid dienone is 2. The molecule has 0 heterocycles. The van der Waals surface area contributed by atoms with Crippen LogP contribution in [0.4, 0.5) is 0 Å². The molecule has 0 spiro atoms. The van der Waals surface area contributed by atoms with Gasteiger partial charge < -0.3 is 28.8 Å².